The maximum absolute atomic E-state index is 12.6. The summed E-state index contributed by atoms with van der Waals surface area (Å²) in [4.78, 5) is 14.6. The summed E-state index contributed by atoms with van der Waals surface area (Å²) in [5.41, 5.74) is 0. The Kier molecular flexibility index (Phi) is 4.93. The van der Waals surface area contributed by atoms with Gasteiger partial charge in [0.15, 0.2) is 5.79 Å². The Morgan fingerprint density at radius 3 is 2.73 bits per heavy atom. The van der Waals surface area contributed by atoms with Gasteiger partial charge >= 0.3 is 6.03 Å². The third kappa shape index (κ3) is 3.25. The van der Waals surface area contributed by atoms with Gasteiger partial charge in [0.25, 0.3) is 0 Å². The van der Waals surface area contributed by atoms with Gasteiger partial charge in [0.2, 0.25) is 0 Å². The molecule has 2 aliphatic heterocycles. The average Bonchev–Trinajstić information content (AvgIpc) is 3.17. The Hall–Kier alpha value is -0.810. The van der Waals surface area contributed by atoms with Crippen LogP contribution in [0, 0.1) is 11.8 Å². The summed E-state index contributed by atoms with van der Waals surface area (Å²) < 4.78 is 11.6. The summed E-state index contributed by atoms with van der Waals surface area (Å²) in [7, 11) is 0. The summed E-state index contributed by atoms with van der Waals surface area (Å²) >= 11 is 0. The van der Waals surface area contributed by atoms with Crippen molar-refractivity contribution in [1.29, 1.82) is 0 Å². The predicted octanol–water partition coefficient (Wildman–Crippen LogP) is 2.75. The molecule has 0 aromatic heterocycles. The number of piperidine rings is 1. The summed E-state index contributed by atoms with van der Waals surface area (Å²) in [6.07, 6.45) is 6.89. The first-order chi connectivity index (χ1) is 10.6. The highest BCUT2D eigenvalue weighted by Crippen LogP contribution is 2.34. The number of ether oxygens (including phenoxy) is 2. The molecule has 3 aliphatic rings. The van der Waals surface area contributed by atoms with E-state index in [9.17, 15) is 4.79 Å². The van der Waals surface area contributed by atoms with E-state index in [4.69, 9.17) is 9.47 Å². The maximum atomic E-state index is 12.6. The number of urea groups is 1. The summed E-state index contributed by atoms with van der Waals surface area (Å²) in [6, 6.07) is 0.476. The molecule has 2 heterocycles. The van der Waals surface area contributed by atoms with Crippen LogP contribution in [0.3, 0.4) is 0 Å². The van der Waals surface area contributed by atoms with Crippen LogP contribution in [0.1, 0.15) is 52.4 Å². The summed E-state index contributed by atoms with van der Waals surface area (Å²) in [5, 5.41) is 3.28. The van der Waals surface area contributed by atoms with E-state index >= 15 is 0 Å². The van der Waals surface area contributed by atoms with E-state index in [1.807, 2.05) is 11.8 Å². The molecule has 0 bridgehead atoms. The Balaban J connectivity index is 1.56. The number of hydrogen-bond acceptors (Lipinski definition) is 3. The van der Waals surface area contributed by atoms with Crippen LogP contribution in [-0.4, -0.2) is 49.1 Å². The molecule has 3 rings (SSSR count). The third-order valence-electron chi connectivity index (χ3n) is 5.80. The largest absolute Gasteiger partial charge is 0.347 e. The Morgan fingerprint density at radius 1 is 1.23 bits per heavy atom. The number of amides is 2. The first-order valence-corrected chi connectivity index (χ1v) is 8.95. The van der Waals surface area contributed by atoms with Gasteiger partial charge in [-0.1, -0.05) is 19.8 Å². The van der Waals surface area contributed by atoms with Gasteiger partial charge in [0.1, 0.15) is 0 Å². The molecule has 2 saturated heterocycles. The number of likely N-dealkylation sites (tertiary alicyclic amines) is 1. The van der Waals surface area contributed by atoms with E-state index in [1.54, 1.807) is 0 Å². The fraction of sp³-hybridized carbons (Fsp3) is 0.941. The molecule has 1 N–H and O–H groups in total. The van der Waals surface area contributed by atoms with E-state index in [0.29, 0.717) is 25.2 Å². The molecule has 0 aromatic carbocycles. The topological polar surface area (TPSA) is 50.8 Å². The van der Waals surface area contributed by atoms with E-state index < -0.39 is 5.79 Å². The van der Waals surface area contributed by atoms with Gasteiger partial charge in [0, 0.05) is 25.0 Å². The van der Waals surface area contributed by atoms with Crippen LogP contribution in [0.4, 0.5) is 4.79 Å². The highest BCUT2D eigenvalue weighted by molar-refractivity contribution is 5.74. The molecule has 5 nitrogen and oxygen atoms in total. The monoisotopic (exact) mass is 310 g/mol. The lowest BCUT2D eigenvalue weighted by molar-refractivity contribution is -0.189. The first kappa shape index (κ1) is 16.1. The zero-order valence-corrected chi connectivity index (χ0v) is 14.0. The Bertz CT molecular complexity index is 395. The fourth-order valence-corrected chi connectivity index (χ4v) is 4.32. The summed E-state index contributed by atoms with van der Waals surface area (Å²) in [6.45, 7) is 7.17. The second-order valence-corrected chi connectivity index (χ2v) is 7.15. The van der Waals surface area contributed by atoms with Crippen molar-refractivity contribution in [2.45, 2.75) is 64.2 Å². The molecule has 0 aromatic rings. The third-order valence-corrected chi connectivity index (χ3v) is 5.80. The second-order valence-electron chi connectivity index (χ2n) is 7.15. The lowest BCUT2D eigenvalue weighted by Gasteiger charge is -2.40. The van der Waals surface area contributed by atoms with Gasteiger partial charge in [-0.25, -0.2) is 4.79 Å². The zero-order chi connectivity index (χ0) is 15.6. The van der Waals surface area contributed by atoms with Crippen molar-refractivity contribution >= 4 is 6.03 Å². The van der Waals surface area contributed by atoms with Crippen LogP contribution in [0.5, 0.6) is 0 Å². The molecule has 3 atom stereocenters. The maximum Gasteiger partial charge on any atom is 0.317 e. The molecule has 2 amide bonds. The van der Waals surface area contributed by atoms with Crippen molar-refractivity contribution in [2.75, 3.05) is 26.3 Å². The molecular weight excluding hydrogens is 280 g/mol. The number of carbonyl (C=O) groups excluding carboxylic acids is 1. The number of hydrogen-bond donors (Lipinski definition) is 1. The van der Waals surface area contributed by atoms with Crippen molar-refractivity contribution in [1.82, 2.24) is 10.2 Å². The number of nitrogens with zero attached hydrogens (tertiary/aromatic N) is 1. The SMILES string of the molecule is CC[C@@H]1CCC[C@H]1NC(=O)N1CCC[C@H](C2(C)OCCO2)C1. The molecule has 1 aliphatic carbocycles. The van der Waals surface area contributed by atoms with Crippen LogP contribution in [0.2, 0.25) is 0 Å². The quantitative estimate of drug-likeness (QED) is 0.872. The van der Waals surface area contributed by atoms with Gasteiger partial charge in [-0.2, -0.15) is 0 Å². The smallest absolute Gasteiger partial charge is 0.317 e. The van der Waals surface area contributed by atoms with Gasteiger partial charge in [-0.15, -0.1) is 0 Å². The van der Waals surface area contributed by atoms with Crippen molar-refractivity contribution in [3.05, 3.63) is 0 Å². The minimum atomic E-state index is -0.502. The molecule has 1 saturated carbocycles. The van der Waals surface area contributed by atoms with Gasteiger partial charge in [-0.3, -0.25) is 0 Å². The van der Waals surface area contributed by atoms with Gasteiger partial charge in [-0.05, 0) is 38.5 Å². The fourth-order valence-electron chi connectivity index (χ4n) is 4.32. The van der Waals surface area contributed by atoms with Gasteiger partial charge in [0.05, 0.1) is 13.2 Å². The van der Waals surface area contributed by atoms with E-state index in [0.717, 1.165) is 38.8 Å². The zero-order valence-electron chi connectivity index (χ0n) is 14.0. The standard InChI is InChI=1S/C17H30N2O3/c1-3-13-6-4-8-15(13)18-16(20)19-9-5-7-14(12-19)17(2)21-10-11-22-17/h13-15H,3-12H2,1-2H3,(H,18,20)/t13-,14+,15-/m1/s1. The second kappa shape index (κ2) is 6.75. The number of nitrogens with one attached hydrogen (secondary N) is 1. The molecule has 0 unspecified atom stereocenters. The van der Waals surface area contributed by atoms with Crippen LogP contribution >= 0.6 is 0 Å². The molecule has 0 spiro atoms. The average molecular weight is 310 g/mol. The lowest BCUT2D eigenvalue weighted by atomic mass is 9.90. The van der Waals surface area contributed by atoms with Crippen molar-refractivity contribution < 1.29 is 14.3 Å². The molecule has 126 valence electrons. The van der Waals surface area contributed by atoms with Crippen LogP contribution in [-0.2, 0) is 9.47 Å². The highest BCUT2D eigenvalue weighted by atomic mass is 16.7. The number of rotatable bonds is 3. The highest BCUT2D eigenvalue weighted by Gasteiger charge is 2.42. The Labute approximate surface area is 133 Å². The molecular formula is C17H30N2O3. The summed E-state index contributed by atoms with van der Waals surface area (Å²) in [5.74, 6) is 0.432. The van der Waals surface area contributed by atoms with E-state index in [2.05, 4.69) is 12.2 Å². The normalized spacial score (nSPS) is 34.8. The predicted molar refractivity (Wildman–Crippen MR) is 84.6 cm³/mol. The van der Waals surface area contributed by atoms with E-state index in [1.165, 1.54) is 12.8 Å². The van der Waals surface area contributed by atoms with Crippen LogP contribution in [0.25, 0.3) is 0 Å². The van der Waals surface area contributed by atoms with Crippen molar-refractivity contribution in [2.24, 2.45) is 11.8 Å². The van der Waals surface area contributed by atoms with Crippen LogP contribution < -0.4 is 5.32 Å². The van der Waals surface area contributed by atoms with Gasteiger partial charge < -0.3 is 19.7 Å². The minimum Gasteiger partial charge on any atom is -0.347 e. The van der Waals surface area contributed by atoms with E-state index in [-0.39, 0.29) is 11.9 Å². The molecule has 3 fully saturated rings. The first-order valence-electron chi connectivity index (χ1n) is 8.95. The molecule has 22 heavy (non-hydrogen) atoms. The lowest BCUT2D eigenvalue weighted by Crippen LogP contribution is -2.53. The molecule has 0 radical (unpaired) electrons. The minimum absolute atomic E-state index is 0.108. The van der Waals surface area contributed by atoms with Crippen molar-refractivity contribution in [3.63, 3.8) is 0 Å². The van der Waals surface area contributed by atoms with Crippen LogP contribution in [0.15, 0.2) is 0 Å². The number of carbonyl (C=O) groups is 1. The Morgan fingerprint density at radius 2 is 2.00 bits per heavy atom. The van der Waals surface area contributed by atoms with Crippen molar-refractivity contribution in [3.8, 4) is 0 Å². The molecule has 5 heteroatoms.